The molecule has 0 spiro atoms. The van der Waals surface area contributed by atoms with Gasteiger partial charge in [-0.3, -0.25) is 0 Å². The molecule has 0 unspecified atom stereocenters. The number of aromatic hydroxyl groups is 1. The van der Waals surface area contributed by atoms with Gasteiger partial charge in [-0.05, 0) is 35.4 Å². The standard InChI is InChI=1S/C13H12ClNO/c14-13-5-4-9(8-15)6-12(13)10-2-1-3-11(16)7-10/h1-7,16H,8,15H2. The van der Waals surface area contributed by atoms with Gasteiger partial charge < -0.3 is 10.8 Å². The highest BCUT2D eigenvalue weighted by molar-refractivity contribution is 6.33. The molecule has 3 heteroatoms. The summed E-state index contributed by atoms with van der Waals surface area (Å²) < 4.78 is 0. The number of nitrogens with two attached hydrogens (primary N) is 1. The van der Waals surface area contributed by atoms with Gasteiger partial charge in [0.25, 0.3) is 0 Å². The molecule has 3 N–H and O–H groups in total. The van der Waals surface area contributed by atoms with Crippen LogP contribution >= 0.6 is 11.6 Å². The van der Waals surface area contributed by atoms with Crippen molar-refractivity contribution in [3.05, 3.63) is 53.1 Å². The minimum absolute atomic E-state index is 0.228. The first kappa shape index (κ1) is 11.0. The Morgan fingerprint density at radius 3 is 2.62 bits per heavy atom. The number of phenols is 1. The Balaban J connectivity index is 2.54. The molecule has 2 rings (SSSR count). The number of halogens is 1. The SMILES string of the molecule is NCc1ccc(Cl)c(-c2cccc(O)c2)c1. The number of rotatable bonds is 2. The van der Waals surface area contributed by atoms with Crippen LogP contribution in [0.1, 0.15) is 5.56 Å². The fourth-order valence-corrected chi connectivity index (χ4v) is 1.82. The average Bonchev–Trinajstić information content (AvgIpc) is 2.30. The topological polar surface area (TPSA) is 46.2 Å². The van der Waals surface area contributed by atoms with Crippen LogP contribution in [0, 0.1) is 0 Å². The van der Waals surface area contributed by atoms with Gasteiger partial charge in [0.2, 0.25) is 0 Å². The third kappa shape index (κ3) is 2.18. The summed E-state index contributed by atoms with van der Waals surface area (Å²) >= 11 is 6.12. The van der Waals surface area contributed by atoms with E-state index in [0.717, 1.165) is 16.7 Å². The fraction of sp³-hybridized carbons (Fsp3) is 0.0769. The summed E-state index contributed by atoms with van der Waals surface area (Å²) in [6.07, 6.45) is 0. The summed E-state index contributed by atoms with van der Waals surface area (Å²) in [5, 5.41) is 10.1. The van der Waals surface area contributed by atoms with Gasteiger partial charge in [0, 0.05) is 17.1 Å². The predicted octanol–water partition coefficient (Wildman–Crippen LogP) is 3.17. The van der Waals surface area contributed by atoms with Gasteiger partial charge in [-0.15, -0.1) is 0 Å². The zero-order chi connectivity index (χ0) is 11.5. The Bertz CT molecular complexity index is 511. The lowest BCUT2D eigenvalue weighted by Gasteiger charge is -2.07. The van der Waals surface area contributed by atoms with E-state index in [-0.39, 0.29) is 5.75 Å². The van der Waals surface area contributed by atoms with E-state index in [0.29, 0.717) is 11.6 Å². The molecule has 2 aromatic rings. The van der Waals surface area contributed by atoms with Crippen LogP contribution in [0.25, 0.3) is 11.1 Å². The van der Waals surface area contributed by atoms with E-state index in [1.807, 2.05) is 24.3 Å². The molecule has 0 amide bonds. The van der Waals surface area contributed by atoms with E-state index >= 15 is 0 Å². The molecule has 0 radical (unpaired) electrons. The molecule has 2 aromatic carbocycles. The van der Waals surface area contributed by atoms with Gasteiger partial charge >= 0.3 is 0 Å². The van der Waals surface area contributed by atoms with Crippen molar-refractivity contribution >= 4 is 11.6 Å². The van der Waals surface area contributed by atoms with Crippen molar-refractivity contribution < 1.29 is 5.11 Å². The maximum Gasteiger partial charge on any atom is 0.116 e. The highest BCUT2D eigenvalue weighted by Gasteiger charge is 2.05. The normalized spacial score (nSPS) is 10.4. The minimum Gasteiger partial charge on any atom is -0.508 e. The lowest BCUT2D eigenvalue weighted by Crippen LogP contribution is -1.96. The third-order valence-electron chi connectivity index (χ3n) is 2.42. The Kier molecular flexibility index (Phi) is 3.13. The Morgan fingerprint density at radius 1 is 1.12 bits per heavy atom. The lowest BCUT2D eigenvalue weighted by molar-refractivity contribution is 0.475. The first-order valence-corrected chi connectivity index (χ1v) is 5.36. The summed E-state index contributed by atoms with van der Waals surface area (Å²) in [4.78, 5) is 0. The zero-order valence-corrected chi connectivity index (χ0v) is 9.41. The van der Waals surface area contributed by atoms with Crippen molar-refractivity contribution in [1.82, 2.24) is 0 Å². The molecule has 0 heterocycles. The number of benzene rings is 2. The van der Waals surface area contributed by atoms with E-state index in [2.05, 4.69) is 0 Å². The molecule has 82 valence electrons. The summed E-state index contributed by atoms with van der Waals surface area (Å²) in [7, 11) is 0. The van der Waals surface area contributed by atoms with Crippen molar-refractivity contribution in [2.75, 3.05) is 0 Å². The Hall–Kier alpha value is -1.51. The van der Waals surface area contributed by atoms with Crippen molar-refractivity contribution in [2.45, 2.75) is 6.54 Å². The van der Waals surface area contributed by atoms with Crippen molar-refractivity contribution in [3.63, 3.8) is 0 Å². The summed E-state index contributed by atoms with van der Waals surface area (Å²) in [6, 6.07) is 12.7. The van der Waals surface area contributed by atoms with Gasteiger partial charge in [-0.1, -0.05) is 29.8 Å². The van der Waals surface area contributed by atoms with E-state index in [1.165, 1.54) is 0 Å². The Labute approximate surface area is 99.3 Å². The largest absolute Gasteiger partial charge is 0.508 e. The highest BCUT2D eigenvalue weighted by Crippen LogP contribution is 2.30. The monoisotopic (exact) mass is 233 g/mol. The molecule has 0 saturated carbocycles. The number of hydrogen-bond donors (Lipinski definition) is 2. The maximum absolute atomic E-state index is 9.42. The number of hydrogen-bond acceptors (Lipinski definition) is 2. The fourth-order valence-electron chi connectivity index (χ4n) is 1.59. The summed E-state index contributed by atoms with van der Waals surface area (Å²) in [5.74, 6) is 0.228. The van der Waals surface area contributed by atoms with Gasteiger partial charge in [0.15, 0.2) is 0 Å². The average molecular weight is 234 g/mol. The van der Waals surface area contributed by atoms with Crippen LogP contribution < -0.4 is 5.73 Å². The van der Waals surface area contributed by atoms with Crippen molar-refractivity contribution in [2.24, 2.45) is 5.73 Å². The third-order valence-corrected chi connectivity index (χ3v) is 2.75. The lowest BCUT2D eigenvalue weighted by atomic mass is 10.0. The molecule has 16 heavy (non-hydrogen) atoms. The second kappa shape index (κ2) is 4.56. The molecule has 2 nitrogen and oxygen atoms in total. The molecule has 0 atom stereocenters. The van der Waals surface area contributed by atoms with Crippen LogP contribution in [0.15, 0.2) is 42.5 Å². The van der Waals surface area contributed by atoms with E-state index in [1.54, 1.807) is 18.2 Å². The maximum atomic E-state index is 9.42. The molecular formula is C13H12ClNO. The molecule has 0 fully saturated rings. The zero-order valence-electron chi connectivity index (χ0n) is 8.65. The molecule has 0 aliphatic carbocycles. The van der Waals surface area contributed by atoms with Gasteiger partial charge in [0.05, 0.1) is 0 Å². The van der Waals surface area contributed by atoms with Crippen LogP contribution in [-0.2, 0) is 6.54 Å². The smallest absolute Gasteiger partial charge is 0.116 e. The van der Waals surface area contributed by atoms with Crippen LogP contribution in [0.3, 0.4) is 0 Å². The summed E-state index contributed by atoms with van der Waals surface area (Å²) in [6.45, 7) is 0.475. The Morgan fingerprint density at radius 2 is 1.94 bits per heavy atom. The quantitative estimate of drug-likeness (QED) is 0.837. The van der Waals surface area contributed by atoms with E-state index in [9.17, 15) is 5.11 Å². The van der Waals surface area contributed by atoms with Crippen LogP contribution in [0.4, 0.5) is 0 Å². The minimum atomic E-state index is 0.228. The summed E-state index contributed by atoms with van der Waals surface area (Å²) in [5.41, 5.74) is 8.38. The predicted molar refractivity (Wildman–Crippen MR) is 66.4 cm³/mol. The molecule has 0 bridgehead atoms. The van der Waals surface area contributed by atoms with Gasteiger partial charge in [0.1, 0.15) is 5.75 Å². The van der Waals surface area contributed by atoms with Gasteiger partial charge in [-0.25, -0.2) is 0 Å². The van der Waals surface area contributed by atoms with Crippen LogP contribution in [-0.4, -0.2) is 5.11 Å². The highest BCUT2D eigenvalue weighted by atomic mass is 35.5. The van der Waals surface area contributed by atoms with E-state index in [4.69, 9.17) is 17.3 Å². The molecular weight excluding hydrogens is 222 g/mol. The second-order valence-electron chi connectivity index (χ2n) is 3.57. The first-order valence-electron chi connectivity index (χ1n) is 4.98. The molecule has 0 aliphatic heterocycles. The first-order chi connectivity index (χ1) is 7.70. The molecule has 0 aliphatic rings. The molecule has 0 aromatic heterocycles. The van der Waals surface area contributed by atoms with Crippen LogP contribution in [0.2, 0.25) is 5.02 Å². The van der Waals surface area contributed by atoms with Gasteiger partial charge in [-0.2, -0.15) is 0 Å². The second-order valence-corrected chi connectivity index (χ2v) is 3.98. The van der Waals surface area contributed by atoms with E-state index < -0.39 is 0 Å². The van der Waals surface area contributed by atoms with Crippen molar-refractivity contribution in [1.29, 1.82) is 0 Å². The van der Waals surface area contributed by atoms with Crippen molar-refractivity contribution in [3.8, 4) is 16.9 Å². The number of phenolic OH excluding ortho intramolecular Hbond substituents is 1. The molecule has 0 saturated heterocycles. The van der Waals surface area contributed by atoms with Crippen LogP contribution in [0.5, 0.6) is 5.75 Å².